The van der Waals surface area contributed by atoms with Crippen molar-refractivity contribution in [2.24, 2.45) is 11.1 Å². The molecular weight excluding hydrogens is 90.1 g/mol. The van der Waals surface area contributed by atoms with Gasteiger partial charge in [0.25, 0.3) is 0 Å². The summed E-state index contributed by atoms with van der Waals surface area (Å²) < 4.78 is 0. The largest absolute Gasteiger partial charge is 0.329 e. The summed E-state index contributed by atoms with van der Waals surface area (Å²) in [6.07, 6.45) is 1.82. The van der Waals surface area contributed by atoms with Gasteiger partial charge in [0.05, 0.1) is 0 Å². The zero-order chi connectivity index (χ0) is 5.91. The first-order chi connectivity index (χ1) is 3.12. The summed E-state index contributed by atoms with van der Waals surface area (Å²) in [4.78, 5) is 9.85. The molecule has 41 valence electrons. The molecule has 2 nitrogen and oxygen atoms in total. The van der Waals surface area contributed by atoms with Crippen molar-refractivity contribution in [2.45, 2.75) is 13.8 Å². The van der Waals surface area contributed by atoms with Crippen molar-refractivity contribution in [2.75, 3.05) is 6.54 Å². The van der Waals surface area contributed by atoms with Gasteiger partial charge in [-0.3, -0.25) is 4.79 Å². The SMILES string of the molecule is CC(C)([C]=O)CN. The van der Waals surface area contributed by atoms with Crippen molar-refractivity contribution in [3.8, 4) is 0 Å². The molecule has 0 aromatic rings. The van der Waals surface area contributed by atoms with Crippen LogP contribution in [0.1, 0.15) is 13.8 Å². The van der Waals surface area contributed by atoms with E-state index in [2.05, 4.69) is 0 Å². The average Bonchev–Trinajstić information content (AvgIpc) is 1.68. The Morgan fingerprint density at radius 3 is 2.14 bits per heavy atom. The Morgan fingerprint density at radius 1 is 1.71 bits per heavy atom. The minimum atomic E-state index is -0.444. The number of hydrogen-bond acceptors (Lipinski definition) is 2. The molecular formula is C5H10NO. The molecule has 0 aliphatic carbocycles. The maximum absolute atomic E-state index is 9.85. The molecule has 2 N–H and O–H groups in total. The van der Waals surface area contributed by atoms with Crippen LogP contribution < -0.4 is 5.73 Å². The van der Waals surface area contributed by atoms with E-state index in [-0.39, 0.29) is 0 Å². The fourth-order valence-electron chi connectivity index (χ4n) is 0.0417. The van der Waals surface area contributed by atoms with Crippen LogP contribution in [0.25, 0.3) is 0 Å². The molecule has 0 spiro atoms. The minimum Gasteiger partial charge on any atom is -0.329 e. The lowest BCUT2D eigenvalue weighted by Gasteiger charge is -2.09. The predicted octanol–water partition coefficient (Wildman–Crippen LogP) is 0.0810. The van der Waals surface area contributed by atoms with E-state index in [0.29, 0.717) is 6.54 Å². The van der Waals surface area contributed by atoms with Gasteiger partial charge in [-0.05, 0) is 0 Å². The molecule has 0 atom stereocenters. The lowest BCUT2D eigenvalue weighted by atomic mass is 9.97. The summed E-state index contributed by atoms with van der Waals surface area (Å²) in [7, 11) is 0. The van der Waals surface area contributed by atoms with Crippen molar-refractivity contribution in [3.05, 3.63) is 0 Å². The van der Waals surface area contributed by atoms with E-state index < -0.39 is 5.41 Å². The molecule has 0 heterocycles. The summed E-state index contributed by atoms with van der Waals surface area (Å²) in [5.41, 5.74) is 4.71. The molecule has 0 rings (SSSR count). The smallest absolute Gasteiger partial charge is 0.205 e. The van der Waals surface area contributed by atoms with Gasteiger partial charge in [-0.15, -0.1) is 0 Å². The fraction of sp³-hybridized carbons (Fsp3) is 0.800. The predicted molar refractivity (Wildman–Crippen MR) is 28.5 cm³/mol. The van der Waals surface area contributed by atoms with Gasteiger partial charge in [-0.2, -0.15) is 0 Å². The summed E-state index contributed by atoms with van der Waals surface area (Å²) >= 11 is 0. The van der Waals surface area contributed by atoms with Gasteiger partial charge < -0.3 is 5.73 Å². The van der Waals surface area contributed by atoms with Gasteiger partial charge in [0.15, 0.2) is 0 Å². The number of carbonyl (C=O) groups excluding carboxylic acids is 1. The second-order valence-corrected chi connectivity index (χ2v) is 2.19. The standard InChI is InChI=1S/C5H10NO/c1-5(2,3-6)4-7/h3,6H2,1-2H3. The average molecular weight is 100 g/mol. The molecule has 0 saturated heterocycles. The topological polar surface area (TPSA) is 43.1 Å². The van der Waals surface area contributed by atoms with E-state index in [9.17, 15) is 4.79 Å². The van der Waals surface area contributed by atoms with Crippen molar-refractivity contribution in [1.29, 1.82) is 0 Å². The van der Waals surface area contributed by atoms with Gasteiger partial charge in [0.2, 0.25) is 6.29 Å². The van der Waals surface area contributed by atoms with Crippen molar-refractivity contribution in [3.63, 3.8) is 0 Å². The van der Waals surface area contributed by atoms with Crippen molar-refractivity contribution >= 4 is 6.29 Å². The van der Waals surface area contributed by atoms with E-state index in [4.69, 9.17) is 5.73 Å². The highest BCUT2D eigenvalue weighted by molar-refractivity contribution is 5.59. The van der Waals surface area contributed by atoms with E-state index in [1.165, 1.54) is 0 Å². The number of nitrogens with two attached hydrogens (primary N) is 1. The minimum absolute atomic E-state index is 0.372. The van der Waals surface area contributed by atoms with Crippen LogP contribution in [0, 0.1) is 5.41 Å². The molecule has 0 unspecified atom stereocenters. The van der Waals surface area contributed by atoms with E-state index >= 15 is 0 Å². The zero-order valence-corrected chi connectivity index (χ0v) is 4.69. The van der Waals surface area contributed by atoms with Crippen LogP contribution in [0.15, 0.2) is 0 Å². The van der Waals surface area contributed by atoms with Crippen LogP contribution in [0.3, 0.4) is 0 Å². The Hall–Kier alpha value is -0.370. The molecule has 0 aliphatic rings. The Bertz CT molecular complexity index is 68.5. The van der Waals surface area contributed by atoms with Gasteiger partial charge in [-0.25, -0.2) is 0 Å². The number of hydrogen-bond donors (Lipinski definition) is 1. The summed E-state index contributed by atoms with van der Waals surface area (Å²) in [5.74, 6) is 0. The third-order valence-corrected chi connectivity index (χ3v) is 0.787. The van der Waals surface area contributed by atoms with Crippen LogP contribution in [0.4, 0.5) is 0 Å². The Labute approximate surface area is 43.7 Å². The quantitative estimate of drug-likeness (QED) is 0.534. The van der Waals surface area contributed by atoms with Gasteiger partial charge in [0.1, 0.15) is 0 Å². The summed E-state index contributed by atoms with van der Waals surface area (Å²) in [6.45, 7) is 3.87. The fourth-order valence-corrected chi connectivity index (χ4v) is 0.0417. The Morgan fingerprint density at radius 2 is 2.14 bits per heavy atom. The molecule has 0 aromatic carbocycles. The zero-order valence-electron chi connectivity index (χ0n) is 4.69. The molecule has 0 saturated carbocycles. The second kappa shape index (κ2) is 2.07. The maximum Gasteiger partial charge on any atom is 0.205 e. The van der Waals surface area contributed by atoms with Crippen LogP contribution >= 0.6 is 0 Å². The third-order valence-electron chi connectivity index (χ3n) is 0.787. The third kappa shape index (κ3) is 2.34. The van der Waals surface area contributed by atoms with Gasteiger partial charge in [0, 0.05) is 12.0 Å². The molecule has 0 fully saturated rings. The van der Waals surface area contributed by atoms with Gasteiger partial charge >= 0.3 is 0 Å². The first kappa shape index (κ1) is 6.63. The molecule has 0 amide bonds. The van der Waals surface area contributed by atoms with Crippen LogP contribution in [0.2, 0.25) is 0 Å². The van der Waals surface area contributed by atoms with Crippen LogP contribution in [0.5, 0.6) is 0 Å². The van der Waals surface area contributed by atoms with E-state index in [1.807, 2.05) is 6.29 Å². The van der Waals surface area contributed by atoms with E-state index in [1.54, 1.807) is 13.8 Å². The Balaban J connectivity index is 3.58. The molecule has 0 aromatic heterocycles. The first-order valence-corrected chi connectivity index (χ1v) is 2.22. The molecule has 7 heavy (non-hydrogen) atoms. The number of rotatable bonds is 2. The highest BCUT2D eigenvalue weighted by Crippen LogP contribution is 2.05. The Kier molecular flexibility index (Phi) is 1.96. The van der Waals surface area contributed by atoms with Crippen LogP contribution in [-0.2, 0) is 4.79 Å². The first-order valence-electron chi connectivity index (χ1n) is 2.22. The lowest BCUT2D eigenvalue weighted by Crippen LogP contribution is -2.24. The molecule has 0 bridgehead atoms. The lowest BCUT2D eigenvalue weighted by molar-refractivity contribution is 0.458. The van der Waals surface area contributed by atoms with E-state index in [0.717, 1.165) is 0 Å². The molecule has 0 aliphatic heterocycles. The molecule has 2 heteroatoms. The maximum atomic E-state index is 9.85. The van der Waals surface area contributed by atoms with Crippen LogP contribution in [-0.4, -0.2) is 12.8 Å². The highest BCUT2D eigenvalue weighted by Gasteiger charge is 2.13. The summed E-state index contributed by atoms with van der Waals surface area (Å²) in [6, 6.07) is 0. The van der Waals surface area contributed by atoms with Crippen molar-refractivity contribution < 1.29 is 4.79 Å². The molecule has 1 radical (unpaired) electrons. The summed E-state index contributed by atoms with van der Waals surface area (Å²) in [5, 5.41) is 0. The highest BCUT2D eigenvalue weighted by atomic mass is 16.1. The second-order valence-electron chi connectivity index (χ2n) is 2.19. The van der Waals surface area contributed by atoms with Gasteiger partial charge in [-0.1, -0.05) is 13.8 Å². The normalized spacial score (nSPS) is 11.3. The monoisotopic (exact) mass is 100 g/mol. The van der Waals surface area contributed by atoms with Crippen molar-refractivity contribution in [1.82, 2.24) is 0 Å².